The van der Waals surface area contributed by atoms with Gasteiger partial charge in [0, 0.05) is 25.6 Å². The molecule has 2 aromatic rings. The molecule has 6 nitrogen and oxygen atoms in total. The van der Waals surface area contributed by atoms with Crippen molar-refractivity contribution >= 4 is 11.7 Å². The highest BCUT2D eigenvalue weighted by Gasteiger charge is 2.26. The van der Waals surface area contributed by atoms with Crippen LogP contribution < -0.4 is 15.0 Å². The number of aromatic nitrogens is 2. The number of carbonyl (C=O) groups excluding carboxylic acids is 1. The molecule has 0 bridgehead atoms. The third-order valence-electron chi connectivity index (χ3n) is 5.12. The Balaban J connectivity index is 1.51. The zero-order chi connectivity index (χ0) is 18.5. The van der Waals surface area contributed by atoms with Crippen molar-refractivity contribution in [2.24, 2.45) is 5.92 Å². The number of hydrogen-bond acceptors (Lipinski definition) is 5. The molecule has 1 aromatic carbocycles. The number of benzene rings is 1. The first-order valence-corrected chi connectivity index (χ1v) is 9.03. The molecule has 1 saturated heterocycles. The Labute approximate surface area is 154 Å². The number of piperidine rings is 1. The Hall–Kier alpha value is -2.63. The summed E-state index contributed by atoms with van der Waals surface area (Å²) in [7, 11) is 1.65. The molecule has 1 N–H and O–H groups in total. The van der Waals surface area contributed by atoms with Gasteiger partial charge in [0.05, 0.1) is 13.3 Å². The molecule has 0 saturated carbocycles. The fourth-order valence-electron chi connectivity index (χ4n) is 3.25. The van der Waals surface area contributed by atoms with E-state index in [-0.39, 0.29) is 11.8 Å². The highest BCUT2D eigenvalue weighted by Crippen LogP contribution is 2.25. The summed E-state index contributed by atoms with van der Waals surface area (Å²) in [6.45, 7) is 6.34. The van der Waals surface area contributed by atoms with Crippen LogP contribution in [0.1, 0.15) is 29.5 Å². The number of nitrogens with zero attached hydrogens (tertiary/aromatic N) is 3. The highest BCUT2D eigenvalue weighted by molar-refractivity contribution is 5.79. The Morgan fingerprint density at radius 3 is 2.58 bits per heavy atom. The molecule has 2 heterocycles. The summed E-state index contributed by atoms with van der Waals surface area (Å²) in [6, 6.07) is 7.76. The number of methoxy groups -OCH3 is 1. The SMILES string of the molecule is COc1ccc(CNC(=O)C2CCN(c3nncc(C)c3C)CC2)cc1. The van der Waals surface area contributed by atoms with Gasteiger partial charge in [0.1, 0.15) is 5.75 Å². The molecule has 0 aliphatic carbocycles. The van der Waals surface area contributed by atoms with E-state index in [0.717, 1.165) is 48.6 Å². The fourth-order valence-corrected chi connectivity index (χ4v) is 3.25. The van der Waals surface area contributed by atoms with E-state index in [4.69, 9.17) is 4.74 Å². The molecule has 3 rings (SSSR count). The van der Waals surface area contributed by atoms with Crippen molar-refractivity contribution in [1.29, 1.82) is 0 Å². The van der Waals surface area contributed by atoms with Gasteiger partial charge < -0.3 is 15.0 Å². The van der Waals surface area contributed by atoms with Crippen LogP contribution in [0.2, 0.25) is 0 Å². The molecular weight excluding hydrogens is 328 g/mol. The van der Waals surface area contributed by atoms with E-state index >= 15 is 0 Å². The van der Waals surface area contributed by atoms with Gasteiger partial charge in [-0.1, -0.05) is 12.1 Å². The minimum Gasteiger partial charge on any atom is -0.497 e. The molecule has 6 heteroatoms. The first-order valence-electron chi connectivity index (χ1n) is 9.03. The van der Waals surface area contributed by atoms with Crippen LogP contribution >= 0.6 is 0 Å². The monoisotopic (exact) mass is 354 g/mol. The third-order valence-corrected chi connectivity index (χ3v) is 5.12. The van der Waals surface area contributed by atoms with E-state index in [1.54, 1.807) is 13.3 Å². The zero-order valence-electron chi connectivity index (χ0n) is 15.7. The predicted molar refractivity (Wildman–Crippen MR) is 101 cm³/mol. The van der Waals surface area contributed by atoms with Crippen molar-refractivity contribution in [1.82, 2.24) is 15.5 Å². The molecule has 1 aliphatic rings. The summed E-state index contributed by atoms with van der Waals surface area (Å²) in [4.78, 5) is 14.7. The molecule has 1 aliphatic heterocycles. The number of rotatable bonds is 5. The Morgan fingerprint density at radius 2 is 1.92 bits per heavy atom. The number of aryl methyl sites for hydroxylation is 1. The first-order chi connectivity index (χ1) is 12.6. The van der Waals surface area contributed by atoms with Crippen molar-refractivity contribution in [3.63, 3.8) is 0 Å². The van der Waals surface area contributed by atoms with Gasteiger partial charge in [-0.3, -0.25) is 4.79 Å². The number of hydrogen-bond donors (Lipinski definition) is 1. The molecule has 1 amide bonds. The van der Waals surface area contributed by atoms with Gasteiger partial charge in [0.15, 0.2) is 5.82 Å². The molecule has 138 valence electrons. The maximum absolute atomic E-state index is 12.5. The molecule has 1 fully saturated rings. The second-order valence-electron chi connectivity index (χ2n) is 6.80. The van der Waals surface area contributed by atoms with Gasteiger partial charge in [0.2, 0.25) is 5.91 Å². The summed E-state index contributed by atoms with van der Waals surface area (Å²) in [5.74, 6) is 1.96. The lowest BCUT2D eigenvalue weighted by molar-refractivity contribution is -0.125. The van der Waals surface area contributed by atoms with Crippen LogP contribution in [0, 0.1) is 19.8 Å². The molecular formula is C20H26N4O2. The van der Waals surface area contributed by atoms with E-state index in [0.29, 0.717) is 6.54 Å². The van der Waals surface area contributed by atoms with Gasteiger partial charge in [-0.2, -0.15) is 5.10 Å². The van der Waals surface area contributed by atoms with Crippen LogP contribution in [0.3, 0.4) is 0 Å². The van der Waals surface area contributed by atoms with Gasteiger partial charge in [-0.25, -0.2) is 0 Å². The second-order valence-corrected chi connectivity index (χ2v) is 6.80. The normalized spacial score (nSPS) is 15.0. The minimum atomic E-state index is 0.0579. The Bertz CT molecular complexity index is 753. The lowest BCUT2D eigenvalue weighted by atomic mass is 9.95. The van der Waals surface area contributed by atoms with Crippen LogP contribution in [-0.2, 0) is 11.3 Å². The van der Waals surface area contributed by atoms with E-state index in [1.807, 2.05) is 31.2 Å². The minimum absolute atomic E-state index is 0.0579. The topological polar surface area (TPSA) is 67.3 Å². The van der Waals surface area contributed by atoms with Crippen molar-refractivity contribution in [2.45, 2.75) is 33.2 Å². The van der Waals surface area contributed by atoms with E-state index in [2.05, 4.69) is 27.3 Å². The van der Waals surface area contributed by atoms with Crippen molar-refractivity contribution in [3.05, 3.63) is 47.2 Å². The summed E-state index contributed by atoms with van der Waals surface area (Å²) in [5.41, 5.74) is 3.39. The number of anilines is 1. The largest absolute Gasteiger partial charge is 0.497 e. The van der Waals surface area contributed by atoms with Crippen molar-refractivity contribution in [2.75, 3.05) is 25.1 Å². The molecule has 26 heavy (non-hydrogen) atoms. The van der Waals surface area contributed by atoms with Crippen LogP contribution in [0.25, 0.3) is 0 Å². The maximum Gasteiger partial charge on any atom is 0.223 e. The van der Waals surface area contributed by atoms with Crippen molar-refractivity contribution in [3.8, 4) is 5.75 Å². The lowest BCUT2D eigenvalue weighted by Gasteiger charge is -2.32. The van der Waals surface area contributed by atoms with E-state index < -0.39 is 0 Å². The van der Waals surface area contributed by atoms with Crippen LogP contribution in [0.4, 0.5) is 5.82 Å². The van der Waals surface area contributed by atoms with Gasteiger partial charge >= 0.3 is 0 Å². The summed E-state index contributed by atoms with van der Waals surface area (Å²) >= 11 is 0. The highest BCUT2D eigenvalue weighted by atomic mass is 16.5. The Morgan fingerprint density at radius 1 is 1.23 bits per heavy atom. The number of carbonyl (C=O) groups is 1. The first kappa shape index (κ1) is 18.2. The molecule has 0 spiro atoms. The van der Waals surface area contributed by atoms with Gasteiger partial charge in [0.25, 0.3) is 0 Å². The number of amides is 1. The zero-order valence-corrected chi connectivity index (χ0v) is 15.7. The summed E-state index contributed by atoms with van der Waals surface area (Å²) in [5, 5.41) is 11.4. The van der Waals surface area contributed by atoms with E-state index in [9.17, 15) is 4.79 Å². The van der Waals surface area contributed by atoms with Crippen LogP contribution in [0.15, 0.2) is 30.5 Å². The van der Waals surface area contributed by atoms with Crippen molar-refractivity contribution < 1.29 is 9.53 Å². The average Bonchev–Trinajstić information content (AvgIpc) is 2.69. The van der Waals surface area contributed by atoms with Crippen LogP contribution in [-0.4, -0.2) is 36.3 Å². The lowest BCUT2D eigenvalue weighted by Crippen LogP contribution is -2.41. The number of ether oxygens (including phenoxy) is 1. The summed E-state index contributed by atoms with van der Waals surface area (Å²) < 4.78 is 5.15. The summed E-state index contributed by atoms with van der Waals surface area (Å²) in [6.07, 6.45) is 3.46. The smallest absolute Gasteiger partial charge is 0.223 e. The number of nitrogens with one attached hydrogen (secondary N) is 1. The Kier molecular flexibility index (Phi) is 5.71. The molecule has 0 radical (unpaired) electrons. The quantitative estimate of drug-likeness (QED) is 0.894. The fraction of sp³-hybridized carbons (Fsp3) is 0.450. The van der Waals surface area contributed by atoms with Crippen LogP contribution in [0.5, 0.6) is 5.75 Å². The maximum atomic E-state index is 12.5. The molecule has 1 aromatic heterocycles. The molecule has 0 atom stereocenters. The van der Waals surface area contributed by atoms with Gasteiger partial charge in [-0.15, -0.1) is 5.10 Å². The second kappa shape index (κ2) is 8.17. The standard InChI is InChI=1S/C20H26N4O2/c1-14-12-22-23-19(15(14)2)24-10-8-17(9-11-24)20(25)21-13-16-4-6-18(26-3)7-5-16/h4-7,12,17H,8-11,13H2,1-3H3,(H,21,25). The van der Waals surface area contributed by atoms with Gasteiger partial charge in [-0.05, 0) is 55.5 Å². The molecule has 0 unspecified atom stereocenters. The van der Waals surface area contributed by atoms with E-state index in [1.165, 1.54) is 5.56 Å². The predicted octanol–water partition coefficient (Wildman–Crippen LogP) is 2.63. The average molecular weight is 354 g/mol. The third kappa shape index (κ3) is 4.12.